The van der Waals surface area contributed by atoms with Gasteiger partial charge in [-0.05, 0) is 31.5 Å². The minimum absolute atomic E-state index is 0.0193. The van der Waals surface area contributed by atoms with Gasteiger partial charge in [0.05, 0.1) is 5.56 Å². The van der Waals surface area contributed by atoms with E-state index < -0.39 is 72.2 Å². The van der Waals surface area contributed by atoms with E-state index in [0.29, 0.717) is 12.1 Å². The zero-order valence-electron chi connectivity index (χ0n) is 16.8. The maximum Gasteiger partial charge on any atom is 0.419 e. The molecular formula is C19H19F5N2O6. The molecule has 1 aromatic carbocycles. The first-order valence-electron chi connectivity index (χ1n) is 9.12. The van der Waals surface area contributed by atoms with Crippen molar-refractivity contribution in [2.75, 3.05) is 6.54 Å². The predicted octanol–water partition coefficient (Wildman–Crippen LogP) is 2.20. The first kappa shape index (κ1) is 25.0. The fourth-order valence-electron chi connectivity index (χ4n) is 3.31. The van der Waals surface area contributed by atoms with Gasteiger partial charge in [-0.15, -0.1) is 0 Å². The number of likely N-dealkylation sites (tertiary alicyclic amines) is 1. The van der Waals surface area contributed by atoms with E-state index in [1.54, 1.807) is 0 Å². The van der Waals surface area contributed by atoms with E-state index in [-0.39, 0.29) is 12.0 Å². The third-order valence-electron chi connectivity index (χ3n) is 4.76. The van der Waals surface area contributed by atoms with Gasteiger partial charge in [0.25, 0.3) is 0 Å². The van der Waals surface area contributed by atoms with Gasteiger partial charge in [0.2, 0.25) is 11.8 Å². The number of amides is 2. The van der Waals surface area contributed by atoms with Crippen molar-refractivity contribution in [1.82, 2.24) is 10.2 Å². The number of nitrogens with one attached hydrogen (secondary N) is 1. The number of halogens is 5. The summed E-state index contributed by atoms with van der Waals surface area (Å²) in [6.45, 7) is -1.81. The molecule has 0 bridgehead atoms. The number of piperidine rings is 1. The molecular weight excluding hydrogens is 447 g/mol. The van der Waals surface area contributed by atoms with Crippen LogP contribution in [0.15, 0.2) is 18.2 Å². The Morgan fingerprint density at radius 1 is 1.28 bits per heavy atom. The van der Waals surface area contributed by atoms with E-state index in [4.69, 9.17) is 5.11 Å². The molecule has 2 amide bonds. The summed E-state index contributed by atoms with van der Waals surface area (Å²) in [5.74, 6) is -7.26. The van der Waals surface area contributed by atoms with E-state index in [0.717, 1.165) is 11.0 Å². The maximum absolute atomic E-state index is 13.1. The molecule has 8 nitrogen and oxygen atoms in total. The molecule has 1 heterocycles. The Bertz CT molecular complexity index is 931. The first-order chi connectivity index (χ1) is 14.6. The van der Waals surface area contributed by atoms with Gasteiger partial charge < -0.3 is 20.1 Å². The molecule has 2 rings (SSSR count). The van der Waals surface area contributed by atoms with E-state index in [1.165, 1.54) is 13.8 Å². The quantitative estimate of drug-likeness (QED) is 0.471. The minimum Gasteiger partial charge on any atom is -0.480 e. The smallest absolute Gasteiger partial charge is 0.419 e. The highest BCUT2D eigenvalue weighted by molar-refractivity contribution is 6.20. The molecule has 1 fully saturated rings. The van der Waals surface area contributed by atoms with Gasteiger partial charge >= 0.3 is 18.8 Å². The summed E-state index contributed by atoms with van der Waals surface area (Å²) in [7, 11) is 0. The number of nitrogens with zero attached hydrogens (tertiary/aromatic N) is 1. The second-order valence-corrected chi connectivity index (χ2v) is 7.63. The van der Waals surface area contributed by atoms with Crippen molar-refractivity contribution < 1.29 is 51.0 Å². The lowest BCUT2D eigenvalue weighted by Crippen LogP contribution is -2.60. The molecule has 176 valence electrons. The normalized spacial score (nSPS) is 18.6. The van der Waals surface area contributed by atoms with Crippen LogP contribution in [-0.2, 0) is 31.9 Å². The van der Waals surface area contributed by atoms with Gasteiger partial charge in [-0.1, -0.05) is 6.07 Å². The van der Waals surface area contributed by atoms with Crippen molar-refractivity contribution in [2.45, 2.75) is 45.1 Å². The average Bonchev–Trinajstić information content (AvgIpc) is 2.61. The van der Waals surface area contributed by atoms with Gasteiger partial charge in [-0.3, -0.25) is 19.2 Å². The molecule has 1 aliphatic heterocycles. The molecule has 1 aromatic rings. The third-order valence-corrected chi connectivity index (χ3v) is 4.76. The molecule has 1 saturated heterocycles. The molecule has 0 saturated carbocycles. The highest BCUT2D eigenvalue weighted by atomic mass is 19.4. The van der Waals surface area contributed by atoms with Gasteiger partial charge in [-0.25, -0.2) is 0 Å². The number of carboxylic acid groups (broad SMARTS) is 1. The summed E-state index contributed by atoms with van der Waals surface area (Å²) in [4.78, 5) is 49.1. The SMILES string of the molecule is CC1(C)CC(=O)C(C(=O)NCC(=O)O)C(=O)N1Cc1ccc(C(F)(F)F)c(OC(F)F)c1. The van der Waals surface area contributed by atoms with Crippen molar-refractivity contribution in [3.63, 3.8) is 0 Å². The molecule has 1 atom stereocenters. The second-order valence-electron chi connectivity index (χ2n) is 7.63. The number of carbonyl (C=O) groups excluding carboxylic acids is 3. The topological polar surface area (TPSA) is 113 Å². The number of carbonyl (C=O) groups is 4. The number of hydrogen-bond donors (Lipinski definition) is 2. The van der Waals surface area contributed by atoms with E-state index in [9.17, 15) is 41.1 Å². The number of benzene rings is 1. The Hall–Kier alpha value is -3.25. The Morgan fingerprint density at radius 3 is 2.44 bits per heavy atom. The van der Waals surface area contributed by atoms with Crippen LogP contribution in [0.25, 0.3) is 0 Å². The van der Waals surface area contributed by atoms with Gasteiger partial charge in [0.15, 0.2) is 11.7 Å². The Kier molecular flexibility index (Phi) is 7.10. The zero-order valence-corrected chi connectivity index (χ0v) is 16.8. The number of ketones is 1. The highest BCUT2D eigenvalue weighted by Gasteiger charge is 2.48. The average molecular weight is 466 g/mol. The van der Waals surface area contributed by atoms with Crippen LogP contribution in [0.4, 0.5) is 22.0 Å². The van der Waals surface area contributed by atoms with Gasteiger partial charge in [0, 0.05) is 18.5 Å². The fraction of sp³-hybridized carbons (Fsp3) is 0.474. The Balaban J connectivity index is 2.36. The standard InChI is InChI=1S/C19H19F5N2O6/c1-18(2)6-11(27)14(15(30)25-7-13(28)29)16(31)26(18)8-9-3-4-10(19(22,23)24)12(5-9)32-17(20)21/h3-5,14,17H,6-8H2,1-2H3,(H,25,30)(H,28,29). The molecule has 2 N–H and O–H groups in total. The van der Waals surface area contributed by atoms with Crippen molar-refractivity contribution in [2.24, 2.45) is 5.92 Å². The number of hydrogen-bond acceptors (Lipinski definition) is 5. The largest absolute Gasteiger partial charge is 0.480 e. The molecule has 1 aliphatic rings. The van der Waals surface area contributed by atoms with Crippen LogP contribution in [-0.4, -0.2) is 52.3 Å². The number of ether oxygens (including phenoxy) is 1. The number of carboxylic acids is 1. The van der Waals surface area contributed by atoms with E-state index in [2.05, 4.69) is 4.74 Å². The Labute approximate surface area is 178 Å². The third kappa shape index (κ3) is 5.71. The summed E-state index contributed by atoms with van der Waals surface area (Å²) in [6.07, 6.45) is -5.27. The molecule has 13 heteroatoms. The monoisotopic (exact) mass is 466 g/mol. The summed E-state index contributed by atoms with van der Waals surface area (Å²) in [6, 6.07) is 2.19. The lowest BCUT2D eigenvalue weighted by molar-refractivity contribution is -0.159. The van der Waals surface area contributed by atoms with Crippen molar-refractivity contribution in [1.29, 1.82) is 0 Å². The van der Waals surface area contributed by atoms with Crippen molar-refractivity contribution >= 4 is 23.6 Å². The number of aliphatic carboxylic acids is 1. The number of alkyl halides is 5. The minimum atomic E-state index is -4.97. The Morgan fingerprint density at radius 2 is 1.91 bits per heavy atom. The highest BCUT2D eigenvalue weighted by Crippen LogP contribution is 2.38. The molecule has 0 aromatic heterocycles. The summed E-state index contributed by atoms with van der Waals surface area (Å²) in [5, 5.41) is 10.6. The van der Waals surface area contributed by atoms with Crippen molar-refractivity contribution in [3.8, 4) is 5.75 Å². The van der Waals surface area contributed by atoms with Crippen LogP contribution in [0.1, 0.15) is 31.4 Å². The lowest BCUT2D eigenvalue weighted by atomic mass is 9.82. The van der Waals surface area contributed by atoms with Crippen LogP contribution in [0.2, 0.25) is 0 Å². The van der Waals surface area contributed by atoms with Crippen molar-refractivity contribution in [3.05, 3.63) is 29.3 Å². The number of Topliss-reactive ketones (excluding diaryl/α,β-unsaturated/α-hetero) is 1. The van der Waals surface area contributed by atoms with Gasteiger partial charge in [-0.2, -0.15) is 22.0 Å². The first-order valence-corrected chi connectivity index (χ1v) is 9.12. The van der Waals surface area contributed by atoms with Crippen LogP contribution >= 0.6 is 0 Å². The zero-order chi connectivity index (χ0) is 24.4. The number of rotatable bonds is 7. The molecule has 1 unspecified atom stereocenters. The molecule has 0 radical (unpaired) electrons. The van der Waals surface area contributed by atoms with E-state index in [1.807, 2.05) is 5.32 Å². The molecule has 32 heavy (non-hydrogen) atoms. The van der Waals surface area contributed by atoms with Crippen LogP contribution in [0.5, 0.6) is 5.75 Å². The summed E-state index contributed by atoms with van der Waals surface area (Å²) < 4.78 is 68.4. The molecule has 0 aliphatic carbocycles. The van der Waals surface area contributed by atoms with E-state index >= 15 is 0 Å². The molecule has 0 spiro atoms. The second kappa shape index (κ2) is 9.09. The fourth-order valence-corrected chi connectivity index (χ4v) is 3.31. The maximum atomic E-state index is 13.1. The van der Waals surface area contributed by atoms with Gasteiger partial charge in [0.1, 0.15) is 12.3 Å². The lowest BCUT2D eigenvalue weighted by Gasteiger charge is -2.44. The van der Waals surface area contributed by atoms with Crippen LogP contribution in [0, 0.1) is 5.92 Å². The summed E-state index contributed by atoms with van der Waals surface area (Å²) in [5.41, 5.74) is -2.62. The van der Waals surface area contributed by atoms with Crippen LogP contribution < -0.4 is 10.1 Å². The summed E-state index contributed by atoms with van der Waals surface area (Å²) >= 11 is 0. The predicted molar refractivity (Wildman–Crippen MR) is 96.5 cm³/mol. The van der Waals surface area contributed by atoms with Crippen LogP contribution in [0.3, 0.4) is 0 Å².